The first-order valence-corrected chi connectivity index (χ1v) is 11.6. The summed E-state index contributed by atoms with van der Waals surface area (Å²) in [4.78, 5) is 40.9. The van der Waals surface area contributed by atoms with E-state index in [0.29, 0.717) is 30.5 Å². The molecular formula is C25H30N6O2. The largest absolute Gasteiger partial charge is 0.339 e. The van der Waals surface area contributed by atoms with Crippen LogP contribution in [0.2, 0.25) is 0 Å². The van der Waals surface area contributed by atoms with Crippen molar-refractivity contribution in [3.05, 3.63) is 65.9 Å². The summed E-state index contributed by atoms with van der Waals surface area (Å²) in [6, 6.07) is 11.8. The normalized spacial score (nSPS) is 19.5. The summed E-state index contributed by atoms with van der Waals surface area (Å²) in [6.07, 6.45) is 6.22. The predicted octanol–water partition coefficient (Wildman–Crippen LogP) is 2.53. The van der Waals surface area contributed by atoms with Gasteiger partial charge in [-0.15, -0.1) is 0 Å². The maximum Gasteiger partial charge on any atom is 0.276 e. The summed E-state index contributed by atoms with van der Waals surface area (Å²) in [6.45, 7) is 2.89. The highest BCUT2D eigenvalue weighted by atomic mass is 16.2. The summed E-state index contributed by atoms with van der Waals surface area (Å²) in [7, 11) is 4.11. The number of aromatic nitrogens is 3. The van der Waals surface area contributed by atoms with Crippen LogP contribution in [-0.4, -0.2) is 87.2 Å². The van der Waals surface area contributed by atoms with Gasteiger partial charge in [0.15, 0.2) is 11.3 Å². The van der Waals surface area contributed by atoms with E-state index in [1.807, 2.05) is 50.6 Å². The number of likely N-dealkylation sites (N-methyl/N-ethyl adjacent to an activating group) is 1. The number of likely N-dealkylation sites (tertiary alicyclic amines) is 2. The molecule has 3 aromatic rings. The molecule has 0 unspecified atom stereocenters. The average molecular weight is 447 g/mol. The Bertz CT molecular complexity index is 1150. The molecule has 0 saturated carbocycles. The van der Waals surface area contributed by atoms with Crippen molar-refractivity contribution in [2.24, 2.45) is 0 Å². The van der Waals surface area contributed by atoms with Crippen LogP contribution in [0, 0.1) is 0 Å². The molecule has 0 radical (unpaired) electrons. The summed E-state index contributed by atoms with van der Waals surface area (Å²) >= 11 is 0. The summed E-state index contributed by atoms with van der Waals surface area (Å²) in [5, 5.41) is 0. The first-order valence-electron chi connectivity index (χ1n) is 11.6. The number of hydrogen-bond donors (Lipinski definition) is 0. The molecule has 2 amide bonds. The third-order valence-corrected chi connectivity index (χ3v) is 7.07. The van der Waals surface area contributed by atoms with E-state index in [1.54, 1.807) is 12.5 Å². The number of piperidine rings is 1. The first kappa shape index (κ1) is 21.6. The molecule has 0 N–H and O–H groups in total. The standard InChI is InChI=1S/C25H30N6O2/c1-28(2)20-11-15-30(16-20)25(33)22-23-26-12-8-21(31(23)17-27-22)18-9-13-29(14-10-18)24(32)19-6-4-3-5-7-19/h3-8,12,17-18,20H,9-11,13-16H2,1-2H3/t20-/m1/s1. The second-order valence-corrected chi connectivity index (χ2v) is 9.25. The van der Waals surface area contributed by atoms with Gasteiger partial charge in [0.05, 0.1) is 0 Å². The Morgan fingerprint density at radius 1 is 0.909 bits per heavy atom. The molecular weight excluding hydrogens is 416 g/mol. The Balaban J connectivity index is 1.31. The molecule has 2 aliphatic rings. The minimum Gasteiger partial charge on any atom is -0.339 e. The minimum absolute atomic E-state index is 0.0465. The van der Waals surface area contributed by atoms with Gasteiger partial charge in [-0.2, -0.15) is 0 Å². The number of rotatable bonds is 4. The van der Waals surface area contributed by atoms with Gasteiger partial charge in [0.1, 0.15) is 6.33 Å². The molecule has 1 atom stereocenters. The number of hydrogen-bond acceptors (Lipinski definition) is 5. The fourth-order valence-corrected chi connectivity index (χ4v) is 5.04. The number of carbonyl (C=O) groups is 2. The third kappa shape index (κ3) is 4.11. The topological polar surface area (TPSA) is 74.0 Å². The van der Waals surface area contributed by atoms with E-state index in [0.717, 1.165) is 43.6 Å². The average Bonchev–Trinajstić information content (AvgIpc) is 3.52. The zero-order chi connectivity index (χ0) is 22.9. The fourth-order valence-electron chi connectivity index (χ4n) is 5.04. The molecule has 2 aromatic heterocycles. The molecule has 33 heavy (non-hydrogen) atoms. The van der Waals surface area contributed by atoms with Crippen LogP contribution in [0.3, 0.4) is 0 Å². The number of nitrogens with zero attached hydrogens (tertiary/aromatic N) is 6. The van der Waals surface area contributed by atoms with Gasteiger partial charge >= 0.3 is 0 Å². The Hall–Kier alpha value is -3.26. The SMILES string of the molecule is CN(C)[C@@H]1CCN(C(=O)c2ncn3c(C4CCN(C(=O)c5ccccc5)CC4)ccnc23)C1. The quantitative estimate of drug-likeness (QED) is 0.616. The van der Waals surface area contributed by atoms with E-state index in [2.05, 4.69) is 29.0 Å². The van der Waals surface area contributed by atoms with E-state index in [4.69, 9.17) is 0 Å². The second-order valence-electron chi connectivity index (χ2n) is 9.25. The summed E-state index contributed by atoms with van der Waals surface area (Å²) in [5.74, 6) is 0.332. The van der Waals surface area contributed by atoms with Gasteiger partial charge in [-0.05, 0) is 51.6 Å². The van der Waals surface area contributed by atoms with Gasteiger partial charge in [-0.25, -0.2) is 9.97 Å². The molecule has 172 valence electrons. The van der Waals surface area contributed by atoms with Crippen LogP contribution in [-0.2, 0) is 0 Å². The molecule has 0 bridgehead atoms. The van der Waals surface area contributed by atoms with E-state index in [1.165, 1.54) is 0 Å². The molecule has 4 heterocycles. The zero-order valence-corrected chi connectivity index (χ0v) is 19.2. The highest BCUT2D eigenvalue weighted by molar-refractivity contribution is 5.98. The highest BCUT2D eigenvalue weighted by Gasteiger charge is 2.31. The van der Waals surface area contributed by atoms with Crippen molar-refractivity contribution >= 4 is 17.5 Å². The van der Waals surface area contributed by atoms with Crippen molar-refractivity contribution in [2.45, 2.75) is 31.2 Å². The lowest BCUT2D eigenvalue weighted by molar-refractivity contribution is 0.0711. The van der Waals surface area contributed by atoms with Crippen molar-refractivity contribution in [1.29, 1.82) is 0 Å². The van der Waals surface area contributed by atoms with Crippen LogP contribution in [0.1, 0.15) is 51.7 Å². The number of benzene rings is 1. The van der Waals surface area contributed by atoms with E-state index >= 15 is 0 Å². The van der Waals surface area contributed by atoms with Crippen molar-refractivity contribution in [3.8, 4) is 0 Å². The minimum atomic E-state index is -0.0465. The monoisotopic (exact) mass is 446 g/mol. The van der Waals surface area contributed by atoms with Crippen molar-refractivity contribution in [2.75, 3.05) is 40.3 Å². The number of carbonyl (C=O) groups excluding carboxylic acids is 2. The molecule has 5 rings (SSSR count). The summed E-state index contributed by atoms with van der Waals surface area (Å²) in [5.41, 5.74) is 2.88. The molecule has 2 saturated heterocycles. The first-order chi connectivity index (χ1) is 16.0. The van der Waals surface area contributed by atoms with Crippen LogP contribution in [0.25, 0.3) is 5.65 Å². The molecule has 1 aromatic carbocycles. The maximum absolute atomic E-state index is 13.2. The van der Waals surface area contributed by atoms with Gasteiger partial charge in [0.25, 0.3) is 11.8 Å². The van der Waals surface area contributed by atoms with Gasteiger partial charge in [0.2, 0.25) is 0 Å². The maximum atomic E-state index is 13.2. The number of fused-ring (bicyclic) bond motifs is 1. The molecule has 8 heteroatoms. The lowest BCUT2D eigenvalue weighted by atomic mass is 9.92. The zero-order valence-electron chi connectivity index (χ0n) is 19.2. The van der Waals surface area contributed by atoms with E-state index in [9.17, 15) is 9.59 Å². The number of amides is 2. The smallest absolute Gasteiger partial charge is 0.276 e. The van der Waals surface area contributed by atoms with Crippen LogP contribution in [0.5, 0.6) is 0 Å². The third-order valence-electron chi connectivity index (χ3n) is 7.07. The van der Waals surface area contributed by atoms with Crippen molar-refractivity contribution in [3.63, 3.8) is 0 Å². The second kappa shape index (κ2) is 8.94. The molecule has 0 aliphatic carbocycles. The van der Waals surface area contributed by atoms with E-state index < -0.39 is 0 Å². The molecule has 8 nitrogen and oxygen atoms in total. The van der Waals surface area contributed by atoms with Crippen molar-refractivity contribution < 1.29 is 9.59 Å². The van der Waals surface area contributed by atoms with Crippen molar-refractivity contribution in [1.82, 2.24) is 29.1 Å². The Kier molecular flexibility index (Phi) is 5.85. The molecule has 2 aliphatic heterocycles. The van der Waals surface area contributed by atoms with Crippen LogP contribution in [0.15, 0.2) is 48.9 Å². The summed E-state index contributed by atoms with van der Waals surface area (Å²) < 4.78 is 1.96. The highest BCUT2D eigenvalue weighted by Crippen LogP contribution is 2.29. The van der Waals surface area contributed by atoms with Gasteiger partial charge in [-0.3, -0.25) is 14.0 Å². The Morgan fingerprint density at radius 3 is 2.33 bits per heavy atom. The van der Waals surface area contributed by atoms with Crippen LogP contribution >= 0.6 is 0 Å². The fraction of sp³-hybridized carbons (Fsp3) is 0.440. The van der Waals surface area contributed by atoms with Gasteiger partial charge in [0, 0.05) is 55.6 Å². The lowest BCUT2D eigenvalue weighted by Crippen LogP contribution is -2.38. The Labute approximate surface area is 193 Å². The Morgan fingerprint density at radius 2 is 1.64 bits per heavy atom. The molecule has 0 spiro atoms. The van der Waals surface area contributed by atoms with Crippen LogP contribution < -0.4 is 0 Å². The van der Waals surface area contributed by atoms with Gasteiger partial charge < -0.3 is 14.7 Å². The molecule has 2 fully saturated rings. The lowest BCUT2D eigenvalue weighted by Gasteiger charge is -2.32. The number of imidazole rings is 1. The van der Waals surface area contributed by atoms with Gasteiger partial charge in [-0.1, -0.05) is 18.2 Å². The predicted molar refractivity (Wildman–Crippen MR) is 125 cm³/mol. The van der Waals surface area contributed by atoms with Crippen LogP contribution in [0.4, 0.5) is 0 Å². The van der Waals surface area contributed by atoms with E-state index in [-0.39, 0.29) is 17.7 Å².